The van der Waals surface area contributed by atoms with Crippen LogP contribution in [-0.4, -0.2) is 41.2 Å². The van der Waals surface area contributed by atoms with Crippen LogP contribution in [0.25, 0.3) is 5.69 Å². The molecule has 31 heavy (non-hydrogen) atoms. The lowest BCUT2D eigenvalue weighted by atomic mass is 10.1. The Hall–Kier alpha value is -3.94. The number of anilines is 1. The van der Waals surface area contributed by atoms with Gasteiger partial charge in [-0.05, 0) is 56.7 Å². The minimum atomic E-state index is -0.759. The van der Waals surface area contributed by atoms with Crippen LogP contribution in [0.15, 0.2) is 48.5 Å². The number of aryl methyl sites for hydroxylation is 2. The highest BCUT2D eigenvalue weighted by molar-refractivity contribution is 6.47. The van der Waals surface area contributed by atoms with Crippen LogP contribution in [0.1, 0.15) is 27.3 Å². The first-order valence-corrected chi connectivity index (χ1v) is 9.59. The Morgan fingerprint density at radius 3 is 2.39 bits per heavy atom. The third-order valence-electron chi connectivity index (χ3n) is 4.76. The zero-order chi connectivity index (χ0) is 22.5. The summed E-state index contributed by atoms with van der Waals surface area (Å²) in [5, 5.41) is 7.07. The minimum Gasteiger partial charge on any atom is -0.482 e. The van der Waals surface area contributed by atoms with Crippen molar-refractivity contribution in [3.05, 3.63) is 71.0 Å². The molecule has 1 amide bonds. The van der Waals surface area contributed by atoms with Gasteiger partial charge in [0.2, 0.25) is 0 Å². The Morgan fingerprint density at radius 1 is 1.03 bits per heavy atom. The van der Waals surface area contributed by atoms with Gasteiger partial charge in [0.15, 0.2) is 6.61 Å². The Balaban J connectivity index is 1.76. The van der Waals surface area contributed by atoms with E-state index in [0.29, 0.717) is 28.4 Å². The number of hydrogen-bond donors (Lipinski definition) is 1. The van der Waals surface area contributed by atoms with E-state index in [4.69, 9.17) is 4.74 Å². The number of carbonyl (C=O) groups is 3. The Labute approximate surface area is 179 Å². The van der Waals surface area contributed by atoms with Crippen molar-refractivity contribution in [1.82, 2.24) is 9.78 Å². The molecule has 0 radical (unpaired) electrons. The number of methoxy groups -OCH3 is 1. The van der Waals surface area contributed by atoms with Crippen LogP contribution in [0.4, 0.5) is 5.69 Å². The Morgan fingerprint density at radius 2 is 1.74 bits per heavy atom. The Bertz CT molecular complexity index is 1140. The average Bonchev–Trinajstić information content (AvgIpc) is 3.07. The molecule has 1 N–H and O–H groups in total. The van der Waals surface area contributed by atoms with E-state index < -0.39 is 17.7 Å². The second-order valence-electron chi connectivity index (χ2n) is 6.92. The third-order valence-corrected chi connectivity index (χ3v) is 4.76. The molecule has 0 aliphatic carbocycles. The van der Waals surface area contributed by atoms with Gasteiger partial charge in [-0.3, -0.25) is 9.59 Å². The molecule has 0 aliphatic heterocycles. The molecule has 3 rings (SSSR count). The van der Waals surface area contributed by atoms with E-state index in [1.807, 2.05) is 30.3 Å². The molecule has 0 fully saturated rings. The smallest absolute Gasteiger partial charge is 0.343 e. The fourth-order valence-corrected chi connectivity index (χ4v) is 3.15. The number of Topliss-reactive ketones (excluding diaryl/α,β-unsaturated/α-hetero) is 1. The predicted molar refractivity (Wildman–Crippen MR) is 115 cm³/mol. The van der Waals surface area contributed by atoms with Gasteiger partial charge in [0, 0.05) is 5.69 Å². The molecular weight excluding hydrogens is 398 g/mol. The van der Waals surface area contributed by atoms with Crippen molar-refractivity contribution in [2.75, 3.05) is 19.0 Å². The third kappa shape index (κ3) is 4.80. The second kappa shape index (κ2) is 9.25. The molecule has 1 aromatic heterocycles. The Kier molecular flexibility index (Phi) is 6.49. The number of nitrogens with one attached hydrogen (secondary N) is 1. The number of ether oxygens (including phenoxy) is 2. The summed E-state index contributed by atoms with van der Waals surface area (Å²) < 4.78 is 11.5. The van der Waals surface area contributed by atoms with Gasteiger partial charge in [-0.1, -0.05) is 18.2 Å². The van der Waals surface area contributed by atoms with Crippen molar-refractivity contribution in [2.24, 2.45) is 0 Å². The highest BCUT2D eigenvalue weighted by atomic mass is 16.6. The molecule has 1 heterocycles. The van der Waals surface area contributed by atoms with E-state index in [2.05, 4.69) is 15.2 Å². The second-order valence-corrected chi connectivity index (χ2v) is 6.92. The van der Waals surface area contributed by atoms with Gasteiger partial charge in [-0.2, -0.15) is 5.10 Å². The lowest BCUT2D eigenvalue weighted by Gasteiger charge is -2.11. The molecule has 0 atom stereocenters. The van der Waals surface area contributed by atoms with Gasteiger partial charge >= 0.3 is 5.97 Å². The van der Waals surface area contributed by atoms with Gasteiger partial charge < -0.3 is 14.8 Å². The van der Waals surface area contributed by atoms with Crippen LogP contribution < -0.4 is 10.1 Å². The topological polar surface area (TPSA) is 99.5 Å². The number of hydrogen-bond acceptors (Lipinski definition) is 6. The standard InChI is InChI=1S/C23H23N3O5/c1-14-12-18(31-13-20(27)30-4)10-11-19(14)24-23(29)22(28)21-15(2)25-26(16(21)3)17-8-6-5-7-9-17/h5-12H,13H2,1-4H3,(H,24,29). The van der Waals surface area contributed by atoms with Crippen LogP contribution in [0, 0.1) is 20.8 Å². The number of ketones is 1. The molecule has 0 saturated carbocycles. The molecule has 8 heteroatoms. The predicted octanol–water partition coefficient (Wildman–Crippen LogP) is 3.17. The van der Waals surface area contributed by atoms with E-state index in [-0.39, 0.29) is 12.2 Å². The lowest BCUT2D eigenvalue weighted by Crippen LogP contribution is -2.24. The highest BCUT2D eigenvalue weighted by Gasteiger charge is 2.25. The molecule has 0 unspecified atom stereocenters. The summed E-state index contributed by atoms with van der Waals surface area (Å²) >= 11 is 0. The fourth-order valence-electron chi connectivity index (χ4n) is 3.15. The highest BCUT2D eigenvalue weighted by Crippen LogP contribution is 2.23. The van der Waals surface area contributed by atoms with Gasteiger partial charge in [0.05, 0.1) is 29.7 Å². The number of esters is 1. The maximum atomic E-state index is 12.9. The van der Waals surface area contributed by atoms with E-state index in [0.717, 1.165) is 5.69 Å². The minimum absolute atomic E-state index is 0.218. The van der Waals surface area contributed by atoms with Crippen molar-refractivity contribution in [2.45, 2.75) is 20.8 Å². The SMILES string of the molecule is COC(=O)COc1ccc(NC(=O)C(=O)c2c(C)nn(-c3ccccc3)c2C)c(C)c1. The van der Waals surface area contributed by atoms with E-state index in [1.165, 1.54) is 7.11 Å². The van der Waals surface area contributed by atoms with Gasteiger partial charge in [-0.25, -0.2) is 9.48 Å². The van der Waals surface area contributed by atoms with Crippen LogP contribution >= 0.6 is 0 Å². The van der Waals surface area contributed by atoms with Crippen LogP contribution in [0.5, 0.6) is 5.75 Å². The zero-order valence-electron chi connectivity index (χ0n) is 17.8. The van der Waals surface area contributed by atoms with E-state index in [1.54, 1.807) is 43.7 Å². The number of nitrogens with zero attached hydrogens (tertiary/aromatic N) is 2. The maximum absolute atomic E-state index is 12.9. The maximum Gasteiger partial charge on any atom is 0.343 e. The summed E-state index contributed by atoms with van der Waals surface area (Å²) in [7, 11) is 1.28. The van der Waals surface area contributed by atoms with Crippen LogP contribution in [0.2, 0.25) is 0 Å². The molecule has 2 aromatic carbocycles. The molecule has 0 spiro atoms. The van der Waals surface area contributed by atoms with Crippen molar-refractivity contribution in [1.29, 1.82) is 0 Å². The van der Waals surface area contributed by atoms with Crippen molar-refractivity contribution < 1.29 is 23.9 Å². The number of benzene rings is 2. The number of para-hydroxylation sites is 1. The molecule has 3 aromatic rings. The zero-order valence-corrected chi connectivity index (χ0v) is 17.8. The summed E-state index contributed by atoms with van der Waals surface area (Å²) in [5.74, 6) is -1.47. The summed E-state index contributed by atoms with van der Waals surface area (Å²) in [6, 6.07) is 14.3. The lowest BCUT2D eigenvalue weighted by molar-refractivity contribution is -0.142. The van der Waals surface area contributed by atoms with Gasteiger partial charge in [0.25, 0.3) is 11.7 Å². The van der Waals surface area contributed by atoms with Crippen molar-refractivity contribution in [3.63, 3.8) is 0 Å². The summed E-state index contributed by atoms with van der Waals surface area (Å²) in [5.41, 5.74) is 3.29. The average molecular weight is 421 g/mol. The number of rotatable bonds is 7. The first-order valence-electron chi connectivity index (χ1n) is 9.59. The molecule has 0 bridgehead atoms. The largest absolute Gasteiger partial charge is 0.482 e. The van der Waals surface area contributed by atoms with Crippen molar-refractivity contribution >= 4 is 23.3 Å². The molecular formula is C23H23N3O5. The van der Waals surface area contributed by atoms with Crippen molar-refractivity contribution in [3.8, 4) is 11.4 Å². The van der Waals surface area contributed by atoms with E-state index >= 15 is 0 Å². The molecule has 8 nitrogen and oxygen atoms in total. The van der Waals surface area contributed by atoms with Crippen LogP contribution in [-0.2, 0) is 14.3 Å². The van der Waals surface area contributed by atoms with Gasteiger partial charge in [-0.15, -0.1) is 0 Å². The number of amides is 1. The fraction of sp³-hybridized carbons (Fsp3) is 0.217. The summed E-state index contributed by atoms with van der Waals surface area (Å²) in [4.78, 5) is 36.7. The first kappa shape index (κ1) is 21.8. The monoisotopic (exact) mass is 421 g/mol. The normalized spacial score (nSPS) is 10.5. The first-order chi connectivity index (χ1) is 14.8. The summed E-state index contributed by atoms with van der Waals surface area (Å²) in [6.07, 6.45) is 0. The van der Waals surface area contributed by atoms with Crippen LogP contribution in [0.3, 0.4) is 0 Å². The number of aromatic nitrogens is 2. The molecule has 160 valence electrons. The molecule has 0 saturated heterocycles. The molecule has 0 aliphatic rings. The quantitative estimate of drug-likeness (QED) is 0.357. The number of carbonyl (C=O) groups excluding carboxylic acids is 3. The summed E-state index contributed by atoms with van der Waals surface area (Å²) in [6.45, 7) is 5.00. The van der Waals surface area contributed by atoms with Gasteiger partial charge in [0.1, 0.15) is 5.75 Å². The van der Waals surface area contributed by atoms with E-state index in [9.17, 15) is 14.4 Å².